The molecule has 0 aliphatic carbocycles. The Kier molecular flexibility index (Phi) is 5.14. The minimum Gasteiger partial charge on any atom is -0.481 e. The highest BCUT2D eigenvalue weighted by Crippen LogP contribution is 2.33. The highest BCUT2D eigenvalue weighted by Gasteiger charge is 2.18. The van der Waals surface area contributed by atoms with Crippen LogP contribution in [0.3, 0.4) is 0 Å². The van der Waals surface area contributed by atoms with Crippen molar-refractivity contribution in [3.63, 3.8) is 0 Å². The molecule has 0 saturated heterocycles. The molecule has 4 nitrogen and oxygen atoms in total. The first-order chi connectivity index (χ1) is 12.0. The maximum absolute atomic E-state index is 12.6. The van der Waals surface area contributed by atoms with Crippen LogP contribution in [0, 0.1) is 6.92 Å². The molecule has 0 unspecified atom stereocenters. The minimum atomic E-state index is -0.920. The van der Waals surface area contributed by atoms with Crippen molar-refractivity contribution in [1.82, 2.24) is 5.32 Å². The van der Waals surface area contributed by atoms with Crippen LogP contribution in [0.4, 0.5) is 0 Å². The number of benzene rings is 2. The summed E-state index contributed by atoms with van der Waals surface area (Å²) >= 11 is 1.45. The lowest BCUT2D eigenvalue weighted by molar-refractivity contribution is -0.136. The zero-order valence-electron chi connectivity index (χ0n) is 13.9. The van der Waals surface area contributed by atoms with E-state index in [0.717, 1.165) is 21.2 Å². The summed E-state index contributed by atoms with van der Waals surface area (Å²) in [6.07, 6.45) is 0.593. The molecule has 5 heteroatoms. The molecule has 1 amide bonds. The van der Waals surface area contributed by atoms with Gasteiger partial charge in [0.1, 0.15) is 0 Å². The lowest BCUT2D eigenvalue weighted by Gasteiger charge is -2.07. The second kappa shape index (κ2) is 7.49. The zero-order chi connectivity index (χ0) is 17.8. The molecular formula is C20H19NO3S. The Hall–Kier alpha value is -2.66. The maximum atomic E-state index is 12.6. The van der Waals surface area contributed by atoms with E-state index in [1.165, 1.54) is 16.9 Å². The summed E-state index contributed by atoms with van der Waals surface area (Å²) in [6, 6.07) is 16.3. The largest absolute Gasteiger partial charge is 0.481 e. The normalized spacial score (nSPS) is 10.8. The molecule has 0 bridgehead atoms. The van der Waals surface area contributed by atoms with E-state index < -0.39 is 5.97 Å². The maximum Gasteiger partial charge on any atom is 0.305 e. The van der Waals surface area contributed by atoms with Crippen molar-refractivity contribution >= 4 is 33.3 Å². The van der Waals surface area contributed by atoms with Gasteiger partial charge in [0.05, 0.1) is 11.3 Å². The summed E-state index contributed by atoms with van der Waals surface area (Å²) in [4.78, 5) is 23.9. The Morgan fingerprint density at radius 1 is 1.08 bits per heavy atom. The van der Waals surface area contributed by atoms with Crippen molar-refractivity contribution in [2.24, 2.45) is 0 Å². The molecule has 2 N–H and O–H groups in total. The van der Waals surface area contributed by atoms with E-state index in [2.05, 4.69) is 29.6 Å². The molecule has 0 saturated carbocycles. The number of hydrogen-bond donors (Lipinski definition) is 2. The van der Waals surface area contributed by atoms with Crippen molar-refractivity contribution in [2.45, 2.75) is 19.8 Å². The molecule has 2 aromatic carbocycles. The van der Waals surface area contributed by atoms with E-state index >= 15 is 0 Å². The van der Waals surface area contributed by atoms with Crippen molar-refractivity contribution < 1.29 is 14.7 Å². The van der Waals surface area contributed by atoms with Gasteiger partial charge in [-0.1, -0.05) is 48.0 Å². The summed E-state index contributed by atoms with van der Waals surface area (Å²) in [6.45, 7) is 2.18. The van der Waals surface area contributed by atoms with E-state index in [0.29, 0.717) is 11.3 Å². The van der Waals surface area contributed by atoms with E-state index in [-0.39, 0.29) is 18.9 Å². The van der Waals surface area contributed by atoms with Crippen LogP contribution in [0.15, 0.2) is 48.5 Å². The first-order valence-corrected chi connectivity index (χ1v) is 8.92. The molecule has 3 aromatic rings. The van der Waals surface area contributed by atoms with Crippen LogP contribution in [-0.2, 0) is 11.2 Å². The number of fused-ring (bicyclic) bond motifs is 1. The van der Waals surface area contributed by atoms with Crippen LogP contribution in [-0.4, -0.2) is 23.5 Å². The van der Waals surface area contributed by atoms with Gasteiger partial charge in [0.25, 0.3) is 5.91 Å². The number of carboxylic acids is 1. The molecule has 0 spiro atoms. The van der Waals surface area contributed by atoms with Gasteiger partial charge in [0.2, 0.25) is 0 Å². The Labute approximate surface area is 150 Å². The van der Waals surface area contributed by atoms with Crippen LogP contribution in [0.1, 0.15) is 32.8 Å². The number of carboxylic acid groups (broad SMARTS) is 1. The molecule has 25 heavy (non-hydrogen) atoms. The minimum absolute atomic E-state index is 0.0794. The van der Waals surface area contributed by atoms with Crippen molar-refractivity contribution in [3.8, 4) is 0 Å². The summed E-state index contributed by atoms with van der Waals surface area (Å²) in [7, 11) is 0. The standard InChI is InChI=1S/C20H19NO3S/c1-13-6-8-14(9-7-13)12-16-15-4-2-3-5-17(15)25-19(16)20(24)21-11-10-18(22)23/h2-9H,10-12H2,1H3,(H,21,24)(H,22,23). The SMILES string of the molecule is Cc1ccc(Cc2c(C(=O)NCCC(=O)O)sc3ccccc23)cc1. The Bertz CT molecular complexity index is 912. The van der Waals surface area contributed by atoms with Crippen LogP contribution in [0.5, 0.6) is 0 Å². The third-order valence-electron chi connectivity index (χ3n) is 4.03. The van der Waals surface area contributed by atoms with Crippen molar-refractivity contribution in [2.75, 3.05) is 6.54 Å². The fourth-order valence-electron chi connectivity index (χ4n) is 2.73. The average molecular weight is 353 g/mol. The summed E-state index contributed by atoms with van der Waals surface area (Å²) in [5.74, 6) is -1.12. The average Bonchev–Trinajstić information content (AvgIpc) is 2.95. The second-order valence-electron chi connectivity index (χ2n) is 5.97. The number of aryl methyl sites for hydroxylation is 1. The number of rotatable bonds is 6. The van der Waals surface area contributed by atoms with Crippen LogP contribution in [0.2, 0.25) is 0 Å². The Balaban J connectivity index is 1.92. The van der Waals surface area contributed by atoms with Gasteiger partial charge in [0.15, 0.2) is 0 Å². The number of aliphatic carboxylic acids is 1. The number of carbonyl (C=O) groups excluding carboxylic acids is 1. The van der Waals surface area contributed by atoms with Gasteiger partial charge < -0.3 is 10.4 Å². The first-order valence-electron chi connectivity index (χ1n) is 8.10. The summed E-state index contributed by atoms with van der Waals surface area (Å²) in [5.41, 5.74) is 3.34. The Morgan fingerprint density at radius 2 is 1.80 bits per heavy atom. The van der Waals surface area contributed by atoms with Gasteiger partial charge in [-0.15, -0.1) is 11.3 Å². The topological polar surface area (TPSA) is 66.4 Å². The predicted octanol–water partition coefficient (Wildman–Crippen LogP) is 4.01. The van der Waals surface area contributed by atoms with Gasteiger partial charge in [-0.2, -0.15) is 0 Å². The number of hydrogen-bond acceptors (Lipinski definition) is 3. The quantitative estimate of drug-likeness (QED) is 0.704. The van der Waals surface area contributed by atoms with Gasteiger partial charge in [-0.05, 0) is 35.9 Å². The van der Waals surface area contributed by atoms with Crippen LogP contribution < -0.4 is 5.32 Å². The fourth-order valence-corrected chi connectivity index (χ4v) is 3.87. The van der Waals surface area contributed by atoms with Gasteiger partial charge in [-0.25, -0.2) is 0 Å². The number of amides is 1. The lowest BCUT2D eigenvalue weighted by Crippen LogP contribution is -2.26. The van der Waals surface area contributed by atoms with Gasteiger partial charge in [0, 0.05) is 11.2 Å². The second-order valence-corrected chi connectivity index (χ2v) is 7.02. The molecule has 128 valence electrons. The van der Waals surface area contributed by atoms with E-state index in [4.69, 9.17) is 5.11 Å². The molecule has 3 rings (SSSR count). The monoisotopic (exact) mass is 353 g/mol. The van der Waals surface area contributed by atoms with Crippen molar-refractivity contribution in [3.05, 3.63) is 70.1 Å². The zero-order valence-corrected chi connectivity index (χ0v) is 14.7. The smallest absolute Gasteiger partial charge is 0.305 e. The Morgan fingerprint density at radius 3 is 2.52 bits per heavy atom. The highest BCUT2D eigenvalue weighted by molar-refractivity contribution is 7.21. The number of nitrogens with one attached hydrogen (secondary N) is 1. The fraction of sp³-hybridized carbons (Fsp3) is 0.200. The molecule has 0 aliphatic rings. The molecule has 1 heterocycles. The molecule has 1 aromatic heterocycles. The molecule has 0 radical (unpaired) electrons. The summed E-state index contributed by atoms with van der Waals surface area (Å²) in [5, 5.41) is 12.5. The van der Waals surface area contributed by atoms with Gasteiger partial charge >= 0.3 is 5.97 Å². The van der Waals surface area contributed by atoms with Crippen molar-refractivity contribution in [1.29, 1.82) is 0 Å². The van der Waals surface area contributed by atoms with Crippen LogP contribution in [0.25, 0.3) is 10.1 Å². The number of carbonyl (C=O) groups is 2. The predicted molar refractivity (Wildman–Crippen MR) is 100 cm³/mol. The van der Waals surface area contributed by atoms with E-state index in [9.17, 15) is 9.59 Å². The summed E-state index contributed by atoms with van der Waals surface area (Å²) < 4.78 is 1.06. The number of thiophene rings is 1. The third-order valence-corrected chi connectivity index (χ3v) is 5.24. The lowest BCUT2D eigenvalue weighted by atomic mass is 10.0. The third kappa shape index (κ3) is 4.06. The highest BCUT2D eigenvalue weighted by atomic mass is 32.1. The molecule has 0 fully saturated rings. The first kappa shape index (κ1) is 17.2. The molecular weight excluding hydrogens is 334 g/mol. The van der Waals surface area contributed by atoms with Crippen LogP contribution >= 0.6 is 11.3 Å². The van der Waals surface area contributed by atoms with Gasteiger partial charge in [-0.3, -0.25) is 9.59 Å². The molecule has 0 atom stereocenters. The van der Waals surface area contributed by atoms with E-state index in [1.54, 1.807) is 0 Å². The molecule has 0 aliphatic heterocycles. The van der Waals surface area contributed by atoms with E-state index in [1.807, 2.05) is 31.2 Å².